The van der Waals surface area contributed by atoms with Gasteiger partial charge in [-0.15, -0.1) is 11.8 Å². The first-order chi connectivity index (χ1) is 25.5. The van der Waals surface area contributed by atoms with E-state index < -0.39 is 30.3 Å². The number of hydrogen-bond donors (Lipinski definition) is 3. The van der Waals surface area contributed by atoms with Crippen LogP contribution in [-0.2, 0) is 37.0 Å². The summed E-state index contributed by atoms with van der Waals surface area (Å²) in [6.07, 6.45) is -5.05. The van der Waals surface area contributed by atoms with Crippen LogP contribution in [0.1, 0.15) is 60.8 Å². The molecule has 2 aliphatic heterocycles. The number of thioether (sulfide) groups is 1. The predicted molar refractivity (Wildman–Crippen MR) is 194 cm³/mol. The van der Waals surface area contributed by atoms with Gasteiger partial charge in [0.2, 0.25) is 11.8 Å². The van der Waals surface area contributed by atoms with Crippen LogP contribution in [0, 0.1) is 0 Å². The minimum atomic E-state index is -5.03. The molecule has 0 radical (unpaired) electrons. The number of carbonyl (C=O) groups is 3. The topological polar surface area (TPSA) is 117 Å². The SMILES string of the molecule is CC(=O)Nc1ccc(SCC2CC(c3ccc(CO)cc3)OC(c3cccc(-c4cccc(CNC(=O)C5CCCN5C(=O)C(F)(F)F)c4)c3)O2)cc1. The summed E-state index contributed by atoms with van der Waals surface area (Å²) in [6, 6.07) is 29.4. The fourth-order valence-electron chi connectivity index (χ4n) is 6.53. The maximum atomic E-state index is 13.1. The zero-order chi connectivity index (χ0) is 37.5. The molecule has 4 aromatic rings. The van der Waals surface area contributed by atoms with Crippen molar-refractivity contribution >= 4 is 35.2 Å². The van der Waals surface area contributed by atoms with E-state index in [0.717, 1.165) is 44.0 Å². The average molecular weight is 748 g/mol. The van der Waals surface area contributed by atoms with Gasteiger partial charge in [-0.1, -0.05) is 60.7 Å². The zero-order valence-corrected chi connectivity index (χ0v) is 29.8. The molecule has 0 spiro atoms. The Morgan fingerprint density at radius 3 is 2.30 bits per heavy atom. The van der Waals surface area contributed by atoms with Gasteiger partial charge >= 0.3 is 12.1 Å². The normalized spacial score (nSPS) is 20.2. The molecule has 0 saturated carbocycles. The molecule has 0 aliphatic carbocycles. The Kier molecular flexibility index (Phi) is 12.2. The van der Waals surface area contributed by atoms with Gasteiger partial charge in [0.15, 0.2) is 6.29 Å². The molecule has 3 amide bonds. The van der Waals surface area contributed by atoms with Crippen molar-refractivity contribution in [1.29, 1.82) is 0 Å². The molecule has 2 saturated heterocycles. The van der Waals surface area contributed by atoms with E-state index in [4.69, 9.17) is 9.47 Å². The van der Waals surface area contributed by atoms with Crippen LogP contribution < -0.4 is 10.6 Å². The van der Waals surface area contributed by atoms with E-state index >= 15 is 0 Å². The van der Waals surface area contributed by atoms with E-state index in [9.17, 15) is 32.7 Å². The van der Waals surface area contributed by atoms with Crippen LogP contribution in [0.15, 0.2) is 102 Å². The lowest BCUT2D eigenvalue weighted by molar-refractivity contribution is -0.245. The number of halogens is 3. The molecule has 0 bridgehead atoms. The Morgan fingerprint density at radius 1 is 0.887 bits per heavy atom. The Balaban J connectivity index is 1.15. The molecule has 4 aromatic carbocycles. The van der Waals surface area contributed by atoms with Gasteiger partial charge in [0.1, 0.15) is 6.04 Å². The first kappa shape index (κ1) is 38.0. The lowest BCUT2D eigenvalue weighted by Crippen LogP contribution is -2.50. The molecule has 4 unspecified atom stereocenters. The Labute approximate surface area is 309 Å². The van der Waals surface area contributed by atoms with Crippen molar-refractivity contribution in [2.75, 3.05) is 17.6 Å². The number of anilines is 1. The van der Waals surface area contributed by atoms with Crippen molar-refractivity contribution in [2.24, 2.45) is 0 Å². The summed E-state index contributed by atoms with van der Waals surface area (Å²) in [5.74, 6) is -2.09. The van der Waals surface area contributed by atoms with Crippen molar-refractivity contribution < 1.29 is 42.1 Å². The lowest BCUT2D eigenvalue weighted by Gasteiger charge is -2.36. The van der Waals surface area contributed by atoms with Crippen LogP contribution in [0.5, 0.6) is 0 Å². The Morgan fingerprint density at radius 2 is 1.60 bits per heavy atom. The van der Waals surface area contributed by atoms with Crippen molar-refractivity contribution in [2.45, 2.75) is 74.9 Å². The van der Waals surface area contributed by atoms with Crippen LogP contribution in [0.25, 0.3) is 11.1 Å². The summed E-state index contributed by atoms with van der Waals surface area (Å²) >= 11 is 1.65. The quantitative estimate of drug-likeness (QED) is 0.138. The van der Waals surface area contributed by atoms with Gasteiger partial charge in [-0.2, -0.15) is 13.2 Å². The van der Waals surface area contributed by atoms with E-state index in [2.05, 4.69) is 10.6 Å². The second-order valence-corrected chi connectivity index (χ2v) is 14.2. The van der Waals surface area contributed by atoms with E-state index in [1.54, 1.807) is 11.8 Å². The molecule has 2 aliphatic rings. The monoisotopic (exact) mass is 747 g/mol. The summed E-state index contributed by atoms with van der Waals surface area (Å²) in [6.45, 7) is 1.38. The second-order valence-electron chi connectivity index (χ2n) is 13.1. The standard InChI is InChI=1S/C40H40F3N3O6S/c1-25(48)45-32-14-16-34(17-15-32)53-24-33-21-36(28-12-10-26(23-47)11-13-28)52-38(51-33)31-8-3-7-30(20-31)29-6-2-5-27(19-29)22-44-37(49)35-9-4-18-46(35)39(50)40(41,42)43/h2-3,5-8,10-17,19-20,33,35-36,38,47H,4,9,18,21-24H2,1H3,(H,44,49)(H,45,48). The van der Waals surface area contributed by atoms with E-state index in [-0.39, 0.29) is 44.2 Å². The van der Waals surface area contributed by atoms with Crippen molar-refractivity contribution in [3.63, 3.8) is 0 Å². The predicted octanol–water partition coefficient (Wildman–Crippen LogP) is 7.31. The number of carbonyl (C=O) groups excluding carboxylic acids is 3. The highest BCUT2D eigenvalue weighted by Gasteiger charge is 2.47. The van der Waals surface area contributed by atoms with Crippen molar-refractivity contribution in [3.05, 3.63) is 119 Å². The number of alkyl halides is 3. The minimum absolute atomic E-state index is 0.0556. The number of benzene rings is 4. The van der Waals surface area contributed by atoms with Crippen LogP contribution >= 0.6 is 11.8 Å². The largest absolute Gasteiger partial charge is 0.471 e. The molecule has 0 aromatic heterocycles. The van der Waals surface area contributed by atoms with Crippen molar-refractivity contribution in [1.82, 2.24) is 10.2 Å². The molecule has 278 valence electrons. The first-order valence-electron chi connectivity index (χ1n) is 17.3. The summed E-state index contributed by atoms with van der Waals surface area (Å²) in [7, 11) is 0. The highest BCUT2D eigenvalue weighted by molar-refractivity contribution is 7.99. The second kappa shape index (κ2) is 17.0. The molecule has 13 heteroatoms. The van der Waals surface area contributed by atoms with Gasteiger partial charge in [-0.3, -0.25) is 14.4 Å². The number of nitrogens with zero attached hydrogens (tertiary/aromatic N) is 1. The molecule has 53 heavy (non-hydrogen) atoms. The number of aliphatic hydroxyl groups is 1. The number of nitrogens with one attached hydrogen (secondary N) is 2. The third-order valence-corrected chi connectivity index (χ3v) is 10.3. The summed E-state index contributed by atoms with van der Waals surface area (Å²) in [4.78, 5) is 37.8. The van der Waals surface area contributed by atoms with Gasteiger partial charge in [0.05, 0.1) is 18.8 Å². The number of amides is 3. The smallest absolute Gasteiger partial charge is 0.392 e. The summed E-state index contributed by atoms with van der Waals surface area (Å²) in [5.41, 5.74) is 5.78. The van der Waals surface area contributed by atoms with Gasteiger partial charge in [0, 0.05) is 48.3 Å². The van der Waals surface area contributed by atoms with Crippen LogP contribution in [0.4, 0.5) is 18.9 Å². The van der Waals surface area contributed by atoms with Crippen LogP contribution in [0.2, 0.25) is 0 Å². The number of hydrogen-bond acceptors (Lipinski definition) is 7. The van der Waals surface area contributed by atoms with E-state index in [0.29, 0.717) is 23.5 Å². The fraction of sp³-hybridized carbons (Fsp3) is 0.325. The maximum Gasteiger partial charge on any atom is 0.471 e. The van der Waals surface area contributed by atoms with Gasteiger partial charge in [-0.25, -0.2) is 0 Å². The molecular weight excluding hydrogens is 708 g/mol. The Bertz CT molecular complexity index is 1910. The fourth-order valence-corrected chi connectivity index (χ4v) is 7.45. The first-order valence-corrected chi connectivity index (χ1v) is 18.3. The molecule has 2 heterocycles. The van der Waals surface area contributed by atoms with Gasteiger partial charge < -0.3 is 30.1 Å². The molecule has 2 fully saturated rings. The third kappa shape index (κ3) is 9.85. The summed E-state index contributed by atoms with van der Waals surface area (Å²) < 4.78 is 52.3. The third-order valence-electron chi connectivity index (χ3n) is 9.17. The van der Waals surface area contributed by atoms with Gasteiger partial charge in [0.25, 0.3) is 0 Å². The molecule has 3 N–H and O–H groups in total. The van der Waals surface area contributed by atoms with E-state index in [1.165, 1.54) is 6.92 Å². The highest BCUT2D eigenvalue weighted by Crippen LogP contribution is 2.40. The number of rotatable bonds is 11. The number of aliphatic hydroxyl groups excluding tert-OH is 1. The van der Waals surface area contributed by atoms with Crippen LogP contribution in [0.3, 0.4) is 0 Å². The van der Waals surface area contributed by atoms with Crippen molar-refractivity contribution in [3.8, 4) is 11.1 Å². The average Bonchev–Trinajstić information content (AvgIpc) is 3.66. The Hall–Kier alpha value is -4.69. The molecular formula is C40H40F3N3O6S. The lowest BCUT2D eigenvalue weighted by atomic mass is 9.99. The number of likely N-dealkylation sites (tertiary alicyclic amines) is 1. The maximum absolute atomic E-state index is 13.1. The molecule has 4 atom stereocenters. The number of ether oxygens (including phenoxy) is 2. The molecule has 9 nitrogen and oxygen atoms in total. The van der Waals surface area contributed by atoms with Gasteiger partial charge in [-0.05, 0) is 77.1 Å². The zero-order valence-electron chi connectivity index (χ0n) is 29.0. The molecule has 6 rings (SSSR count). The highest BCUT2D eigenvalue weighted by atomic mass is 32.2. The van der Waals surface area contributed by atoms with E-state index in [1.807, 2.05) is 97.1 Å². The van der Waals surface area contributed by atoms with Crippen LogP contribution in [-0.4, -0.2) is 58.3 Å². The minimum Gasteiger partial charge on any atom is -0.392 e. The summed E-state index contributed by atoms with van der Waals surface area (Å²) in [5, 5.41) is 15.0.